The average molecular weight is 253 g/mol. The van der Waals surface area contributed by atoms with Crippen LogP contribution in [0.3, 0.4) is 0 Å². The molecule has 2 heterocycles. The topological polar surface area (TPSA) is 115 Å². The molecule has 0 spiro atoms. The van der Waals surface area contributed by atoms with Gasteiger partial charge in [0.05, 0.1) is 22.2 Å². The van der Waals surface area contributed by atoms with Crippen molar-refractivity contribution in [1.29, 1.82) is 0 Å². The summed E-state index contributed by atoms with van der Waals surface area (Å²) in [4.78, 5) is 34.6. The van der Waals surface area contributed by atoms with E-state index in [0.717, 1.165) is 4.90 Å². The Bertz CT molecular complexity index is 508. The lowest BCUT2D eigenvalue weighted by Crippen LogP contribution is -2.51. The van der Waals surface area contributed by atoms with Gasteiger partial charge in [-0.1, -0.05) is 12.2 Å². The van der Waals surface area contributed by atoms with Crippen molar-refractivity contribution in [3.63, 3.8) is 0 Å². The molecule has 0 aliphatic carbocycles. The van der Waals surface area contributed by atoms with Crippen LogP contribution in [0.15, 0.2) is 23.3 Å². The molecular formula is C11H11NO6. The Morgan fingerprint density at radius 1 is 0.944 bits per heavy atom. The van der Waals surface area contributed by atoms with Gasteiger partial charge in [-0.2, -0.15) is 0 Å². The summed E-state index contributed by atoms with van der Waals surface area (Å²) in [5.41, 5.74) is -3.69. The molecule has 2 atom stereocenters. The van der Waals surface area contributed by atoms with Gasteiger partial charge in [0.15, 0.2) is 0 Å². The Morgan fingerprint density at radius 3 is 1.50 bits per heavy atom. The van der Waals surface area contributed by atoms with Crippen molar-refractivity contribution in [2.45, 2.75) is 24.9 Å². The summed E-state index contributed by atoms with van der Waals surface area (Å²) in [6.45, 7) is 2.75. The molecule has 0 saturated carbocycles. The second-order valence-corrected chi connectivity index (χ2v) is 4.61. The number of hydrogen-bond acceptors (Lipinski definition) is 3. The molecule has 96 valence electrons. The SMILES string of the molecule is CC12C=CC(C)(C(C(=O)O)=C1C(=O)O)N2C(=O)O. The first-order chi connectivity index (χ1) is 8.16. The smallest absolute Gasteiger partial charge is 0.409 e. The van der Waals surface area contributed by atoms with E-state index < -0.39 is 40.3 Å². The fourth-order valence-electron chi connectivity index (χ4n) is 2.90. The molecule has 1 amide bonds. The number of nitrogens with zero attached hydrogens (tertiary/aromatic N) is 1. The van der Waals surface area contributed by atoms with Gasteiger partial charge in [0, 0.05) is 0 Å². The van der Waals surface area contributed by atoms with E-state index in [2.05, 4.69) is 0 Å². The molecule has 0 radical (unpaired) electrons. The minimum atomic E-state index is -1.44. The third-order valence-electron chi connectivity index (χ3n) is 3.54. The van der Waals surface area contributed by atoms with Crippen LogP contribution in [0.4, 0.5) is 4.79 Å². The summed E-state index contributed by atoms with van der Waals surface area (Å²) >= 11 is 0. The molecule has 7 nitrogen and oxygen atoms in total. The van der Waals surface area contributed by atoms with Crippen LogP contribution < -0.4 is 0 Å². The number of amides is 1. The zero-order valence-electron chi connectivity index (χ0n) is 9.67. The highest BCUT2D eigenvalue weighted by molar-refractivity contribution is 6.07. The van der Waals surface area contributed by atoms with Gasteiger partial charge in [-0.05, 0) is 13.8 Å². The van der Waals surface area contributed by atoms with Gasteiger partial charge in [-0.15, -0.1) is 0 Å². The molecule has 0 fully saturated rings. The van der Waals surface area contributed by atoms with Gasteiger partial charge < -0.3 is 15.3 Å². The Labute approximate surface area is 102 Å². The van der Waals surface area contributed by atoms with E-state index in [1.165, 1.54) is 26.0 Å². The number of carbonyl (C=O) groups is 3. The van der Waals surface area contributed by atoms with Crippen LogP contribution in [0.5, 0.6) is 0 Å². The second-order valence-electron chi connectivity index (χ2n) is 4.61. The Balaban J connectivity index is 2.77. The molecule has 7 heteroatoms. The maximum atomic E-state index is 11.3. The molecule has 2 aliphatic rings. The van der Waals surface area contributed by atoms with E-state index in [4.69, 9.17) is 10.2 Å². The van der Waals surface area contributed by atoms with Crippen LogP contribution in [0, 0.1) is 0 Å². The molecule has 2 aliphatic heterocycles. The number of hydrogen-bond donors (Lipinski definition) is 3. The summed E-state index contributed by atoms with van der Waals surface area (Å²) in [5, 5.41) is 27.5. The lowest BCUT2D eigenvalue weighted by Gasteiger charge is -2.34. The van der Waals surface area contributed by atoms with Gasteiger partial charge in [-0.3, -0.25) is 4.90 Å². The van der Waals surface area contributed by atoms with Gasteiger partial charge in [0.1, 0.15) is 0 Å². The monoisotopic (exact) mass is 253 g/mol. The number of carboxylic acids is 2. The molecule has 2 bridgehead atoms. The minimum Gasteiger partial charge on any atom is -0.478 e. The van der Waals surface area contributed by atoms with E-state index in [-0.39, 0.29) is 0 Å². The van der Waals surface area contributed by atoms with E-state index in [1.54, 1.807) is 0 Å². The van der Waals surface area contributed by atoms with E-state index >= 15 is 0 Å². The first-order valence-electron chi connectivity index (χ1n) is 5.11. The Morgan fingerprint density at radius 2 is 1.28 bits per heavy atom. The van der Waals surface area contributed by atoms with Gasteiger partial charge >= 0.3 is 18.0 Å². The highest BCUT2D eigenvalue weighted by atomic mass is 16.4. The van der Waals surface area contributed by atoms with E-state index in [9.17, 15) is 19.5 Å². The van der Waals surface area contributed by atoms with Crippen molar-refractivity contribution in [3.8, 4) is 0 Å². The van der Waals surface area contributed by atoms with Gasteiger partial charge in [0.25, 0.3) is 0 Å². The lowest BCUT2D eigenvalue weighted by molar-refractivity contribution is -0.136. The zero-order chi connectivity index (χ0) is 13.9. The van der Waals surface area contributed by atoms with Crippen LogP contribution in [0.25, 0.3) is 0 Å². The number of rotatable bonds is 2. The predicted molar refractivity (Wildman–Crippen MR) is 58.1 cm³/mol. The summed E-state index contributed by atoms with van der Waals surface area (Å²) in [6.07, 6.45) is 1.47. The first kappa shape index (κ1) is 12.2. The van der Waals surface area contributed by atoms with Crippen molar-refractivity contribution in [1.82, 2.24) is 4.90 Å². The largest absolute Gasteiger partial charge is 0.478 e. The maximum absolute atomic E-state index is 11.3. The van der Waals surface area contributed by atoms with Crippen LogP contribution in [0.2, 0.25) is 0 Å². The summed E-state index contributed by atoms with van der Waals surface area (Å²) < 4.78 is 0. The molecule has 2 rings (SSSR count). The summed E-state index contributed by atoms with van der Waals surface area (Å²) in [7, 11) is 0. The van der Waals surface area contributed by atoms with Crippen molar-refractivity contribution in [3.05, 3.63) is 23.3 Å². The van der Waals surface area contributed by atoms with Crippen molar-refractivity contribution >= 4 is 18.0 Å². The predicted octanol–water partition coefficient (Wildman–Crippen LogP) is 0.533. The third-order valence-corrected chi connectivity index (χ3v) is 3.54. The van der Waals surface area contributed by atoms with Crippen LogP contribution in [-0.4, -0.2) is 49.3 Å². The van der Waals surface area contributed by atoms with E-state index in [1.807, 2.05) is 0 Å². The fraction of sp³-hybridized carbons (Fsp3) is 0.364. The molecule has 0 aromatic carbocycles. The zero-order valence-corrected chi connectivity index (χ0v) is 9.67. The normalized spacial score (nSPS) is 33.1. The molecule has 0 saturated heterocycles. The number of fused-ring (bicyclic) bond motifs is 2. The first-order valence-corrected chi connectivity index (χ1v) is 5.11. The summed E-state index contributed by atoms with van der Waals surface area (Å²) in [5.74, 6) is -2.84. The third kappa shape index (κ3) is 1.10. The summed E-state index contributed by atoms with van der Waals surface area (Å²) in [6, 6.07) is 0. The minimum absolute atomic E-state index is 0.401. The van der Waals surface area contributed by atoms with E-state index in [0.29, 0.717) is 0 Å². The highest BCUT2D eigenvalue weighted by Gasteiger charge is 2.63. The molecule has 2 unspecified atom stereocenters. The standard InChI is InChI=1S/C11H11NO6/c1-10-3-4-11(2,12(10)9(17)18)6(8(15)16)5(10)7(13)14/h3-4H,1-2H3,(H,13,14)(H,15,16)(H,17,18). The molecule has 0 aromatic rings. The lowest BCUT2D eigenvalue weighted by atomic mass is 9.83. The number of carboxylic acid groups (broad SMARTS) is 3. The van der Waals surface area contributed by atoms with Crippen LogP contribution in [0.1, 0.15) is 13.8 Å². The Kier molecular flexibility index (Phi) is 2.11. The quantitative estimate of drug-likeness (QED) is 0.618. The van der Waals surface area contributed by atoms with Gasteiger partial charge in [0.2, 0.25) is 0 Å². The molecule has 3 N–H and O–H groups in total. The molecule has 18 heavy (non-hydrogen) atoms. The van der Waals surface area contributed by atoms with Gasteiger partial charge in [-0.25, -0.2) is 14.4 Å². The molecular weight excluding hydrogens is 242 g/mol. The van der Waals surface area contributed by atoms with Crippen LogP contribution in [-0.2, 0) is 9.59 Å². The van der Waals surface area contributed by atoms with Crippen LogP contribution >= 0.6 is 0 Å². The van der Waals surface area contributed by atoms with Crippen molar-refractivity contribution in [2.24, 2.45) is 0 Å². The fourth-order valence-corrected chi connectivity index (χ4v) is 2.90. The highest BCUT2D eigenvalue weighted by Crippen LogP contribution is 2.52. The van der Waals surface area contributed by atoms with Crippen molar-refractivity contribution < 1.29 is 29.7 Å². The van der Waals surface area contributed by atoms with Crippen molar-refractivity contribution in [2.75, 3.05) is 0 Å². The molecule has 0 aromatic heterocycles. The Hall–Kier alpha value is -2.31. The second kappa shape index (κ2) is 3.12. The maximum Gasteiger partial charge on any atom is 0.409 e. The number of aliphatic carboxylic acids is 2. The average Bonchev–Trinajstić information content (AvgIpc) is 2.58.